The third kappa shape index (κ3) is 4.63. The normalized spacial score (nSPS) is 19.5. The number of piperidine rings is 1. The number of nitrogens with one attached hydrogen (secondary N) is 1. The van der Waals surface area contributed by atoms with Gasteiger partial charge in [-0.05, 0) is 71.0 Å². The highest BCUT2D eigenvalue weighted by atomic mass is 15.1. The van der Waals surface area contributed by atoms with Crippen molar-refractivity contribution in [2.24, 2.45) is 0 Å². The molecule has 1 saturated heterocycles. The fraction of sp³-hybridized carbons (Fsp3) is 0.667. The molecule has 0 radical (unpaired) electrons. The molecule has 0 aromatic heterocycles. The summed E-state index contributed by atoms with van der Waals surface area (Å²) in [5, 5.41) is 3.57. The first kappa shape index (κ1) is 16.2. The Morgan fingerprint density at radius 1 is 1.14 bits per heavy atom. The van der Waals surface area contributed by atoms with E-state index < -0.39 is 0 Å². The molecule has 0 spiro atoms. The van der Waals surface area contributed by atoms with Crippen LogP contribution < -0.4 is 10.2 Å². The van der Waals surface area contributed by atoms with Crippen LogP contribution in [0.25, 0.3) is 0 Å². The minimum Gasteiger partial charge on any atom is -0.385 e. The van der Waals surface area contributed by atoms with Gasteiger partial charge in [-0.1, -0.05) is 6.42 Å². The third-order valence-corrected chi connectivity index (χ3v) is 4.72. The predicted octanol–water partition coefficient (Wildman–Crippen LogP) is 3.82. The molecular formula is C18H31N3. The van der Waals surface area contributed by atoms with Gasteiger partial charge in [0.05, 0.1) is 0 Å². The molecule has 118 valence electrons. The zero-order valence-corrected chi connectivity index (χ0v) is 13.9. The van der Waals surface area contributed by atoms with E-state index in [2.05, 4.69) is 60.3 Å². The van der Waals surface area contributed by atoms with Gasteiger partial charge in [-0.25, -0.2) is 0 Å². The maximum Gasteiger partial charge on any atom is 0.0367 e. The Labute approximate surface area is 130 Å². The van der Waals surface area contributed by atoms with Crippen molar-refractivity contribution in [3.63, 3.8) is 0 Å². The van der Waals surface area contributed by atoms with Crippen molar-refractivity contribution < 1.29 is 0 Å². The fourth-order valence-corrected chi connectivity index (χ4v) is 3.27. The van der Waals surface area contributed by atoms with Crippen molar-refractivity contribution in [2.75, 3.05) is 43.4 Å². The van der Waals surface area contributed by atoms with Crippen molar-refractivity contribution in [1.29, 1.82) is 0 Å². The van der Waals surface area contributed by atoms with Crippen LogP contribution in [0.1, 0.15) is 39.5 Å². The van der Waals surface area contributed by atoms with E-state index in [0.29, 0.717) is 0 Å². The highest BCUT2D eigenvalue weighted by Crippen LogP contribution is 2.20. The van der Waals surface area contributed by atoms with Crippen molar-refractivity contribution in [1.82, 2.24) is 4.90 Å². The molecule has 0 saturated carbocycles. The number of rotatable bonds is 7. The number of anilines is 2. The van der Waals surface area contributed by atoms with Crippen LogP contribution in [0.2, 0.25) is 0 Å². The molecule has 3 nitrogen and oxygen atoms in total. The van der Waals surface area contributed by atoms with Crippen molar-refractivity contribution >= 4 is 11.4 Å². The van der Waals surface area contributed by atoms with Crippen molar-refractivity contribution in [3.8, 4) is 0 Å². The molecule has 1 heterocycles. The summed E-state index contributed by atoms with van der Waals surface area (Å²) in [7, 11) is 2.27. The Hall–Kier alpha value is -1.22. The van der Waals surface area contributed by atoms with E-state index in [9.17, 15) is 0 Å². The van der Waals surface area contributed by atoms with E-state index >= 15 is 0 Å². The zero-order chi connectivity index (χ0) is 15.1. The number of benzene rings is 1. The lowest BCUT2D eigenvalue weighted by Crippen LogP contribution is -2.37. The Bertz CT molecular complexity index is 397. The van der Waals surface area contributed by atoms with Crippen LogP contribution in [0.15, 0.2) is 24.3 Å². The zero-order valence-electron chi connectivity index (χ0n) is 13.9. The number of likely N-dealkylation sites (tertiary alicyclic amines) is 1. The molecular weight excluding hydrogens is 258 g/mol. The second kappa shape index (κ2) is 8.28. The number of hydrogen-bond acceptors (Lipinski definition) is 3. The largest absolute Gasteiger partial charge is 0.385 e. The molecule has 1 unspecified atom stereocenters. The molecule has 1 fully saturated rings. The Morgan fingerprint density at radius 3 is 2.48 bits per heavy atom. The smallest absolute Gasteiger partial charge is 0.0367 e. The SMILES string of the molecule is CCN(CC)c1ccc(NCCC2CCCCN2C)cc1. The molecule has 0 amide bonds. The highest BCUT2D eigenvalue weighted by molar-refractivity contribution is 5.55. The maximum atomic E-state index is 3.57. The monoisotopic (exact) mass is 289 g/mol. The van der Waals surface area contributed by atoms with Gasteiger partial charge in [0.25, 0.3) is 0 Å². The van der Waals surface area contributed by atoms with Crippen molar-refractivity contribution in [2.45, 2.75) is 45.6 Å². The quantitative estimate of drug-likeness (QED) is 0.823. The standard InChI is InChI=1S/C18H31N3/c1-4-21(5-2)18-11-9-16(10-12-18)19-14-13-17-8-6-7-15-20(17)3/h9-12,17,19H,4-8,13-15H2,1-3H3. The molecule has 1 aliphatic heterocycles. The summed E-state index contributed by atoms with van der Waals surface area (Å²) < 4.78 is 0. The van der Waals surface area contributed by atoms with Gasteiger partial charge in [0.15, 0.2) is 0 Å². The molecule has 1 aromatic rings. The van der Waals surface area contributed by atoms with Crippen LogP contribution in [-0.2, 0) is 0 Å². The summed E-state index contributed by atoms with van der Waals surface area (Å²) in [5.41, 5.74) is 2.56. The fourth-order valence-electron chi connectivity index (χ4n) is 3.27. The molecule has 1 atom stereocenters. The summed E-state index contributed by atoms with van der Waals surface area (Å²) in [5.74, 6) is 0. The molecule has 3 heteroatoms. The lowest BCUT2D eigenvalue weighted by atomic mass is 10.0. The van der Waals surface area contributed by atoms with Crippen LogP contribution >= 0.6 is 0 Å². The van der Waals surface area contributed by atoms with E-state index in [0.717, 1.165) is 25.7 Å². The van der Waals surface area contributed by atoms with Gasteiger partial charge < -0.3 is 15.1 Å². The van der Waals surface area contributed by atoms with Crippen LogP contribution in [0.5, 0.6) is 0 Å². The van der Waals surface area contributed by atoms with E-state index in [4.69, 9.17) is 0 Å². The second-order valence-electron chi connectivity index (χ2n) is 6.06. The number of hydrogen-bond donors (Lipinski definition) is 1. The molecule has 1 aromatic carbocycles. The van der Waals surface area contributed by atoms with E-state index in [1.165, 1.54) is 43.6 Å². The van der Waals surface area contributed by atoms with Gasteiger partial charge in [0.2, 0.25) is 0 Å². The first-order valence-corrected chi connectivity index (χ1v) is 8.53. The second-order valence-corrected chi connectivity index (χ2v) is 6.06. The van der Waals surface area contributed by atoms with Crippen LogP contribution in [0, 0.1) is 0 Å². The Balaban J connectivity index is 1.78. The minimum absolute atomic E-state index is 0.765. The molecule has 2 rings (SSSR count). The van der Waals surface area contributed by atoms with E-state index in [1.54, 1.807) is 0 Å². The highest BCUT2D eigenvalue weighted by Gasteiger charge is 2.17. The van der Waals surface area contributed by atoms with E-state index in [-0.39, 0.29) is 0 Å². The van der Waals surface area contributed by atoms with E-state index in [1.807, 2.05) is 0 Å². The van der Waals surface area contributed by atoms with Gasteiger partial charge >= 0.3 is 0 Å². The molecule has 0 aliphatic carbocycles. The van der Waals surface area contributed by atoms with Crippen LogP contribution in [0.4, 0.5) is 11.4 Å². The minimum atomic E-state index is 0.765. The lowest BCUT2D eigenvalue weighted by Gasteiger charge is -2.32. The average Bonchev–Trinajstić information content (AvgIpc) is 2.52. The summed E-state index contributed by atoms with van der Waals surface area (Å²) in [6.07, 6.45) is 5.37. The van der Waals surface area contributed by atoms with Gasteiger partial charge in [0.1, 0.15) is 0 Å². The van der Waals surface area contributed by atoms with Gasteiger partial charge in [-0.3, -0.25) is 0 Å². The number of nitrogens with zero attached hydrogens (tertiary/aromatic N) is 2. The maximum absolute atomic E-state index is 3.57. The van der Waals surface area contributed by atoms with Gasteiger partial charge in [-0.15, -0.1) is 0 Å². The molecule has 1 N–H and O–H groups in total. The van der Waals surface area contributed by atoms with Gasteiger partial charge in [-0.2, -0.15) is 0 Å². The lowest BCUT2D eigenvalue weighted by molar-refractivity contribution is 0.179. The third-order valence-electron chi connectivity index (χ3n) is 4.72. The molecule has 21 heavy (non-hydrogen) atoms. The summed E-state index contributed by atoms with van der Waals surface area (Å²) >= 11 is 0. The first-order chi connectivity index (χ1) is 10.2. The molecule has 0 bridgehead atoms. The average molecular weight is 289 g/mol. The topological polar surface area (TPSA) is 18.5 Å². The van der Waals surface area contributed by atoms with Crippen LogP contribution in [0.3, 0.4) is 0 Å². The summed E-state index contributed by atoms with van der Waals surface area (Å²) in [6.45, 7) is 8.88. The van der Waals surface area contributed by atoms with Crippen molar-refractivity contribution in [3.05, 3.63) is 24.3 Å². The first-order valence-electron chi connectivity index (χ1n) is 8.53. The molecule has 1 aliphatic rings. The van der Waals surface area contributed by atoms with Gasteiger partial charge in [0, 0.05) is 37.1 Å². The van der Waals surface area contributed by atoms with Crippen LogP contribution in [-0.4, -0.2) is 44.2 Å². The Kier molecular flexibility index (Phi) is 6.37. The Morgan fingerprint density at radius 2 is 1.86 bits per heavy atom. The summed E-state index contributed by atoms with van der Waals surface area (Å²) in [6, 6.07) is 9.63. The summed E-state index contributed by atoms with van der Waals surface area (Å²) in [4.78, 5) is 4.90. The predicted molar refractivity (Wildman–Crippen MR) is 93.4 cm³/mol.